The first-order chi connectivity index (χ1) is 8.63. The standard InChI is InChI=1S/C10H16N4O4/c1-2-18-8(16)6-7(15)9(17)13-14-10-11-4-3-5-12-10/h2-6H2,1H3,(H,13,17)(H2,11,12,14). The van der Waals surface area contributed by atoms with Crippen molar-refractivity contribution in [3.05, 3.63) is 0 Å². The van der Waals surface area contributed by atoms with E-state index >= 15 is 0 Å². The van der Waals surface area contributed by atoms with Gasteiger partial charge in [-0.25, -0.2) is 0 Å². The van der Waals surface area contributed by atoms with Crippen LogP contribution in [0.4, 0.5) is 0 Å². The predicted molar refractivity (Wildman–Crippen MR) is 62.5 cm³/mol. The molecule has 1 aliphatic rings. The first-order valence-corrected chi connectivity index (χ1v) is 5.66. The molecule has 1 amide bonds. The molecule has 1 heterocycles. The molecule has 0 aromatic carbocycles. The summed E-state index contributed by atoms with van der Waals surface area (Å²) >= 11 is 0. The monoisotopic (exact) mass is 256 g/mol. The number of Topliss-reactive ketones (excluding diaryl/α,β-unsaturated/α-hetero) is 1. The molecule has 1 aliphatic heterocycles. The van der Waals surface area contributed by atoms with E-state index in [1.807, 2.05) is 0 Å². The SMILES string of the molecule is CCOC(=O)CC(=O)C(=O)NNC1=NCCCN1. The Labute approximate surface area is 104 Å². The number of carbonyl (C=O) groups is 3. The van der Waals surface area contributed by atoms with Crippen LogP contribution in [0, 0.1) is 0 Å². The Hall–Kier alpha value is -2.12. The number of hydrogen-bond donors (Lipinski definition) is 3. The number of carbonyl (C=O) groups excluding carboxylic acids is 3. The van der Waals surface area contributed by atoms with Gasteiger partial charge >= 0.3 is 11.9 Å². The van der Waals surface area contributed by atoms with Crippen molar-refractivity contribution in [1.29, 1.82) is 0 Å². The summed E-state index contributed by atoms with van der Waals surface area (Å²) in [6.07, 6.45) is 0.349. The minimum absolute atomic E-state index is 0.173. The number of amides is 1. The van der Waals surface area contributed by atoms with E-state index < -0.39 is 24.1 Å². The van der Waals surface area contributed by atoms with E-state index in [1.165, 1.54) is 0 Å². The Kier molecular flexibility index (Phi) is 5.62. The molecule has 0 saturated carbocycles. The van der Waals surface area contributed by atoms with Gasteiger partial charge in [-0.3, -0.25) is 30.2 Å². The second-order valence-electron chi connectivity index (χ2n) is 3.49. The van der Waals surface area contributed by atoms with E-state index in [4.69, 9.17) is 0 Å². The van der Waals surface area contributed by atoms with Crippen molar-refractivity contribution in [3.63, 3.8) is 0 Å². The van der Waals surface area contributed by atoms with Crippen LogP contribution in [0.2, 0.25) is 0 Å². The van der Waals surface area contributed by atoms with Gasteiger partial charge in [0.05, 0.1) is 6.61 Å². The zero-order valence-electron chi connectivity index (χ0n) is 10.1. The zero-order valence-corrected chi connectivity index (χ0v) is 10.1. The third-order valence-electron chi connectivity index (χ3n) is 2.06. The highest BCUT2D eigenvalue weighted by molar-refractivity contribution is 6.39. The lowest BCUT2D eigenvalue weighted by molar-refractivity contribution is -0.149. The smallest absolute Gasteiger partial charge is 0.313 e. The van der Waals surface area contributed by atoms with Crippen molar-refractivity contribution in [2.24, 2.45) is 4.99 Å². The molecular formula is C10H16N4O4. The minimum atomic E-state index is -0.905. The van der Waals surface area contributed by atoms with E-state index in [9.17, 15) is 14.4 Å². The average molecular weight is 256 g/mol. The number of ether oxygens (including phenoxy) is 1. The molecule has 18 heavy (non-hydrogen) atoms. The van der Waals surface area contributed by atoms with Crippen molar-refractivity contribution < 1.29 is 19.1 Å². The largest absolute Gasteiger partial charge is 0.466 e. The van der Waals surface area contributed by atoms with Crippen LogP contribution in [0.25, 0.3) is 0 Å². The molecule has 0 bridgehead atoms. The quantitative estimate of drug-likeness (QED) is 0.244. The lowest BCUT2D eigenvalue weighted by atomic mass is 10.3. The molecule has 1 rings (SSSR count). The fraction of sp³-hybridized carbons (Fsp3) is 0.600. The maximum absolute atomic E-state index is 11.3. The zero-order chi connectivity index (χ0) is 13.4. The topological polar surface area (TPSA) is 109 Å². The summed E-state index contributed by atoms with van der Waals surface area (Å²) in [6, 6.07) is 0. The van der Waals surface area contributed by atoms with Gasteiger partial charge in [0.25, 0.3) is 0 Å². The van der Waals surface area contributed by atoms with E-state index in [1.54, 1.807) is 6.92 Å². The molecule has 0 aliphatic carbocycles. The fourth-order valence-electron chi connectivity index (χ4n) is 1.23. The van der Waals surface area contributed by atoms with Gasteiger partial charge in [-0.1, -0.05) is 0 Å². The third kappa shape index (κ3) is 4.81. The number of aliphatic imine (C=N–C) groups is 1. The number of esters is 1. The Morgan fingerprint density at radius 3 is 2.83 bits per heavy atom. The Morgan fingerprint density at radius 2 is 2.22 bits per heavy atom. The van der Waals surface area contributed by atoms with Crippen molar-refractivity contribution in [1.82, 2.24) is 16.2 Å². The molecule has 0 aromatic heterocycles. The van der Waals surface area contributed by atoms with Crippen LogP contribution in [0.1, 0.15) is 19.8 Å². The highest BCUT2D eigenvalue weighted by Gasteiger charge is 2.18. The average Bonchev–Trinajstić information content (AvgIpc) is 2.37. The molecular weight excluding hydrogens is 240 g/mol. The van der Waals surface area contributed by atoms with Crippen LogP contribution < -0.4 is 16.2 Å². The molecule has 100 valence electrons. The van der Waals surface area contributed by atoms with E-state index in [2.05, 4.69) is 25.9 Å². The first-order valence-electron chi connectivity index (χ1n) is 5.66. The molecule has 0 fully saturated rings. The molecule has 0 aromatic rings. The number of nitrogens with zero attached hydrogens (tertiary/aromatic N) is 1. The van der Waals surface area contributed by atoms with Crippen LogP contribution in [0.5, 0.6) is 0 Å². The van der Waals surface area contributed by atoms with Gasteiger partial charge in [-0.15, -0.1) is 0 Å². The van der Waals surface area contributed by atoms with Crippen LogP contribution in [-0.2, 0) is 19.1 Å². The number of hydrazine groups is 1. The molecule has 8 heteroatoms. The Bertz CT molecular complexity index is 367. The van der Waals surface area contributed by atoms with Crippen molar-refractivity contribution in [2.75, 3.05) is 19.7 Å². The summed E-state index contributed by atoms with van der Waals surface area (Å²) in [5.74, 6) is -2.08. The van der Waals surface area contributed by atoms with E-state index in [-0.39, 0.29) is 6.61 Å². The van der Waals surface area contributed by atoms with Gasteiger partial charge in [0.15, 0.2) is 0 Å². The summed E-state index contributed by atoms with van der Waals surface area (Å²) in [5, 5.41) is 2.90. The van der Waals surface area contributed by atoms with Gasteiger partial charge in [0.2, 0.25) is 11.7 Å². The van der Waals surface area contributed by atoms with Crippen LogP contribution in [0.15, 0.2) is 4.99 Å². The molecule has 0 radical (unpaired) electrons. The lowest BCUT2D eigenvalue weighted by Gasteiger charge is -2.15. The van der Waals surface area contributed by atoms with Gasteiger partial charge < -0.3 is 10.1 Å². The van der Waals surface area contributed by atoms with E-state index in [0.717, 1.165) is 13.0 Å². The van der Waals surface area contributed by atoms with Crippen molar-refractivity contribution >= 4 is 23.6 Å². The summed E-state index contributed by atoms with van der Waals surface area (Å²) in [5.41, 5.74) is 4.63. The summed E-state index contributed by atoms with van der Waals surface area (Å²) in [4.78, 5) is 37.6. The number of rotatable bonds is 4. The predicted octanol–water partition coefficient (Wildman–Crippen LogP) is -1.52. The number of hydrogen-bond acceptors (Lipinski definition) is 7. The van der Waals surface area contributed by atoms with Crippen molar-refractivity contribution in [3.8, 4) is 0 Å². The Morgan fingerprint density at radius 1 is 1.44 bits per heavy atom. The van der Waals surface area contributed by atoms with Crippen LogP contribution >= 0.6 is 0 Å². The highest BCUT2D eigenvalue weighted by Crippen LogP contribution is 1.89. The molecule has 0 saturated heterocycles. The fourth-order valence-corrected chi connectivity index (χ4v) is 1.23. The first kappa shape index (κ1) is 13.9. The van der Waals surface area contributed by atoms with Crippen LogP contribution in [-0.4, -0.2) is 43.3 Å². The second kappa shape index (κ2) is 7.25. The van der Waals surface area contributed by atoms with Crippen LogP contribution in [0.3, 0.4) is 0 Å². The summed E-state index contributed by atoms with van der Waals surface area (Å²) in [7, 11) is 0. The Balaban J connectivity index is 2.29. The second-order valence-corrected chi connectivity index (χ2v) is 3.49. The van der Waals surface area contributed by atoms with Gasteiger partial charge in [0.1, 0.15) is 6.42 Å². The number of nitrogens with one attached hydrogen (secondary N) is 3. The van der Waals surface area contributed by atoms with Crippen molar-refractivity contribution in [2.45, 2.75) is 19.8 Å². The number of guanidine groups is 1. The molecule has 8 nitrogen and oxygen atoms in total. The van der Waals surface area contributed by atoms with E-state index in [0.29, 0.717) is 12.5 Å². The summed E-state index contributed by atoms with van der Waals surface area (Å²) in [6.45, 7) is 3.20. The maximum Gasteiger partial charge on any atom is 0.313 e. The normalized spacial score (nSPS) is 13.9. The van der Waals surface area contributed by atoms with Gasteiger partial charge in [-0.2, -0.15) is 0 Å². The molecule has 0 spiro atoms. The van der Waals surface area contributed by atoms with Gasteiger partial charge in [-0.05, 0) is 13.3 Å². The lowest BCUT2D eigenvalue weighted by Crippen LogP contribution is -2.51. The van der Waals surface area contributed by atoms with Gasteiger partial charge in [0, 0.05) is 13.1 Å². The highest BCUT2D eigenvalue weighted by atomic mass is 16.5. The molecule has 0 atom stereocenters. The minimum Gasteiger partial charge on any atom is -0.466 e. The molecule has 0 unspecified atom stereocenters. The summed E-state index contributed by atoms with van der Waals surface area (Å²) < 4.78 is 4.56. The maximum atomic E-state index is 11.3. The molecule has 3 N–H and O–H groups in total. The third-order valence-corrected chi connectivity index (χ3v) is 2.06. The number of ketones is 1.